The van der Waals surface area contributed by atoms with Crippen molar-refractivity contribution in [2.24, 2.45) is 5.73 Å². The Kier molecular flexibility index (Phi) is 3.39. The molecule has 1 amide bonds. The number of aromatic nitrogens is 3. The van der Waals surface area contributed by atoms with Gasteiger partial charge < -0.3 is 15.4 Å². The van der Waals surface area contributed by atoms with Gasteiger partial charge >= 0.3 is 0 Å². The van der Waals surface area contributed by atoms with Crippen molar-refractivity contribution in [2.45, 2.75) is 26.0 Å². The first-order chi connectivity index (χ1) is 6.24. The quantitative estimate of drug-likeness (QED) is 0.616. The molecule has 0 aromatic carbocycles. The fourth-order valence-electron chi connectivity index (χ4n) is 1.01. The van der Waals surface area contributed by atoms with Gasteiger partial charge in [0.05, 0.1) is 0 Å². The molecule has 0 bridgehead atoms. The van der Waals surface area contributed by atoms with Gasteiger partial charge in [-0.05, 0) is 6.42 Å². The lowest BCUT2D eigenvalue weighted by Gasteiger charge is -2.02. The number of primary amides is 1. The van der Waals surface area contributed by atoms with Crippen LogP contribution < -0.4 is 5.73 Å². The average Bonchev–Trinajstić information content (AvgIpc) is 2.51. The van der Waals surface area contributed by atoms with E-state index in [2.05, 4.69) is 10.2 Å². The summed E-state index contributed by atoms with van der Waals surface area (Å²) in [7, 11) is 0. The number of amides is 1. The summed E-state index contributed by atoms with van der Waals surface area (Å²) in [5, 5.41) is 16.1. The van der Waals surface area contributed by atoms with Crippen molar-refractivity contribution in [3.63, 3.8) is 0 Å². The number of carbonyl (C=O) groups is 1. The SMILES string of the molecule is NC(=O)CCCn1cnnc1CO. The summed E-state index contributed by atoms with van der Waals surface area (Å²) in [5.41, 5.74) is 4.97. The molecule has 1 aromatic heterocycles. The molecular formula is C7H12N4O2. The van der Waals surface area contributed by atoms with Crippen LogP contribution in [0.5, 0.6) is 0 Å². The van der Waals surface area contributed by atoms with E-state index in [-0.39, 0.29) is 12.5 Å². The predicted octanol–water partition coefficient (Wildman–Crippen LogP) is -0.964. The molecule has 6 nitrogen and oxygen atoms in total. The van der Waals surface area contributed by atoms with E-state index in [0.717, 1.165) is 0 Å². The van der Waals surface area contributed by atoms with Crippen molar-refractivity contribution < 1.29 is 9.90 Å². The lowest BCUT2D eigenvalue weighted by atomic mass is 10.3. The molecule has 1 rings (SSSR count). The number of rotatable bonds is 5. The maximum atomic E-state index is 10.4. The zero-order valence-corrected chi connectivity index (χ0v) is 7.18. The molecule has 1 heterocycles. The Labute approximate surface area is 75.4 Å². The van der Waals surface area contributed by atoms with E-state index >= 15 is 0 Å². The second kappa shape index (κ2) is 4.56. The first-order valence-corrected chi connectivity index (χ1v) is 4.00. The van der Waals surface area contributed by atoms with Gasteiger partial charge in [0.1, 0.15) is 12.9 Å². The Balaban J connectivity index is 2.40. The standard InChI is InChI=1S/C7H12N4O2/c8-6(13)2-1-3-11-5-9-10-7(11)4-12/h5,12H,1-4H2,(H2,8,13). The Morgan fingerprint density at radius 2 is 2.46 bits per heavy atom. The van der Waals surface area contributed by atoms with E-state index in [0.29, 0.717) is 25.2 Å². The minimum atomic E-state index is -0.321. The van der Waals surface area contributed by atoms with Gasteiger partial charge in [-0.15, -0.1) is 10.2 Å². The van der Waals surface area contributed by atoms with Crippen LogP contribution in [0.25, 0.3) is 0 Å². The minimum absolute atomic E-state index is 0.142. The number of carbonyl (C=O) groups excluding carboxylic acids is 1. The van der Waals surface area contributed by atoms with Crippen LogP contribution >= 0.6 is 0 Å². The third kappa shape index (κ3) is 2.83. The lowest BCUT2D eigenvalue weighted by molar-refractivity contribution is -0.118. The van der Waals surface area contributed by atoms with Gasteiger partial charge in [-0.25, -0.2) is 0 Å². The largest absolute Gasteiger partial charge is 0.388 e. The Hall–Kier alpha value is -1.43. The van der Waals surface area contributed by atoms with Crippen LogP contribution in [-0.2, 0) is 17.9 Å². The zero-order valence-electron chi connectivity index (χ0n) is 7.18. The summed E-state index contributed by atoms with van der Waals surface area (Å²) in [6, 6.07) is 0. The van der Waals surface area contributed by atoms with Crippen molar-refractivity contribution in [2.75, 3.05) is 0 Å². The average molecular weight is 184 g/mol. The highest BCUT2D eigenvalue weighted by Gasteiger charge is 2.02. The fourth-order valence-corrected chi connectivity index (χ4v) is 1.01. The highest BCUT2D eigenvalue weighted by molar-refractivity contribution is 5.73. The molecule has 0 spiro atoms. The van der Waals surface area contributed by atoms with Crippen molar-refractivity contribution >= 4 is 5.91 Å². The summed E-state index contributed by atoms with van der Waals surface area (Å²) in [6.45, 7) is 0.461. The molecule has 0 aliphatic rings. The van der Waals surface area contributed by atoms with E-state index in [9.17, 15) is 4.79 Å². The van der Waals surface area contributed by atoms with Crippen LogP contribution in [0.3, 0.4) is 0 Å². The summed E-state index contributed by atoms with van der Waals surface area (Å²) >= 11 is 0. The van der Waals surface area contributed by atoms with E-state index in [1.807, 2.05) is 0 Å². The van der Waals surface area contributed by atoms with Gasteiger partial charge in [0.15, 0.2) is 5.82 Å². The number of nitrogens with two attached hydrogens (primary N) is 1. The molecule has 0 aliphatic heterocycles. The van der Waals surface area contributed by atoms with Gasteiger partial charge in [-0.1, -0.05) is 0 Å². The lowest BCUT2D eigenvalue weighted by Crippen LogP contribution is -2.12. The molecule has 0 saturated heterocycles. The molecular weight excluding hydrogens is 172 g/mol. The van der Waals surface area contributed by atoms with Crippen molar-refractivity contribution in [3.8, 4) is 0 Å². The monoisotopic (exact) mass is 184 g/mol. The van der Waals surface area contributed by atoms with E-state index in [4.69, 9.17) is 10.8 Å². The molecule has 6 heteroatoms. The first-order valence-electron chi connectivity index (χ1n) is 4.00. The normalized spacial score (nSPS) is 10.2. The van der Waals surface area contributed by atoms with Crippen LogP contribution in [0.2, 0.25) is 0 Å². The molecule has 1 aromatic rings. The van der Waals surface area contributed by atoms with Gasteiger partial charge in [-0.3, -0.25) is 4.79 Å². The number of hydrogen-bond donors (Lipinski definition) is 2. The number of aliphatic hydroxyl groups is 1. The second-order valence-electron chi connectivity index (χ2n) is 2.67. The number of aliphatic hydroxyl groups excluding tert-OH is 1. The van der Waals surface area contributed by atoms with E-state index < -0.39 is 0 Å². The highest BCUT2D eigenvalue weighted by Crippen LogP contribution is 1.98. The molecule has 0 unspecified atom stereocenters. The minimum Gasteiger partial charge on any atom is -0.388 e. The molecule has 72 valence electrons. The summed E-state index contributed by atoms with van der Waals surface area (Å²) in [5.74, 6) is 0.183. The molecule has 0 saturated carbocycles. The van der Waals surface area contributed by atoms with E-state index in [1.165, 1.54) is 6.33 Å². The number of nitrogens with zero attached hydrogens (tertiary/aromatic N) is 3. The zero-order chi connectivity index (χ0) is 9.68. The molecule has 0 atom stereocenters. The number of aryl methyl sites for hydroxylation is 1. The van der Waals surface area contributed by atoms with Gasteiger partial charge in [-0.2, -0.15) is 0 Å². The smallest absolute Gasteiger partial charge is 0.217 e. The van der Waals surface area contributed by atoms with Crippen molar-refractivity contribution in [1.29, 1.82) is 0 Å². The third-order valence-corrected chi connectivity index (χ3v) is 1.66. The predicted molar refractivity (Wildman–Crippen MR) is 44.4 cm³/mol. The van der Waals surface area contributed by atoms with Gasteiger partial charge in [0, 0.05) is 13.0 Å². The van der Waals surface area contributed by atoms with Crippen LogP contribution in [0, 0.1) is 0 Å². The maximum absolute atomic E-state index is 10.4. The van der Waals surface area contributed by atoms with Crippen LogP contribution in [0.4, 0.5) is 0 Å². The Bertz CT molecular complexity index is 284. The highest BCUT2D eigenvalue weighted by atomic mass is 16.3. The van der Waals surface area contributed by atoms with Gasteiger partial charge in [0.2, 0.25) is 5.91 Å². The summed E-state index contributed by atoms with van der Waals surface area (Å²) in [6.07, 6.45) is 2.50. The Morgan fingerprint density at radius 1 is 1.69 bits per heavy atom. The first kappa shape index (κ1) is 9.66. The molecule has 3 N–H and O–H groups in total. The van der Waals surface area contributed by atoms with Crippen LogP contribution in [0.1, 0.15) is 18.7 Å². The van der Waals surface area contributed by atoms with E-state index in [1.54, 1.807) is 4.57 Å². The number of hydrogen-bond acceptors (Lipinski definition) is 4. The second-order valence-corrected chi connectivity index (χ2v) is 2.67. The topological polar surface area (TPSA) is 94.0 Å². The molecule has 0 fully saturated rings. The van der Waals surface area contributed by atoms with Crippen LogP contribution in [0.15, 0.2) is 6.33 Å². The van der Waals surface area contributed by atoms with Crippen LogP contribution in [-0.4, -0.2) is 25.8 Å². The van der Waals surface area contributed by atoms with Crippen molar-refractivity contribution in [3.05, 3.63) is 12.2 Å². The summed E-state index contributed by atoms with van der Waals surface area (Å²) in [4.78, 5) is 10.4. The van der Waals surface area contributed by atoms with Crippen molar-refractivity contribution in [1.82, 2.24) is 14.8 Å². The fraction of sp³-hybridized carbons (Fsp3) is 0.571. The molecule has 13 heavy (non-hydrogen) atoms. The van der Waals surface area contributed by atoms with Gasteiger partial charge in [0.25, 0.3) is 0 Å². The maximum Gasteiger partial charge on any atom is 0.217 e. The summed E-state index contributed by atoms with van der Waals surface area (Å²) < 4.78 is 1.70. The third-order valence-electron chi connectivity index (χ3n) is 1.66. The molecule has 0 radical (unpaired) electrons. The Morgan fingerprint density at radius 3 is 3.08 bits per heavy atom. The molecule has 0 aliphatic carbocycles.